The number of aromatic nitrogens is 3. The molecule has 0 amide bonds. The molecule has 0 saturated carbocycles. The van der Waals surface area contributed by atoms with Crippen molar-refractivity contribution in [3.05, 3.63) is 41.1 Å². The molecular formula is C17H19N3O4S. The number of aromatic amines is 1. The van der Waals surface area contributed by atoms with Crippen LogP contribution in [0.15, 0.2) is 29.5 Å². The summed E-state index contributed by atoms with van der Waals surface area (Å²) in [4.78, 5) is 11.2. The lowest BCUT2D eigenvalue weighted by Gasteiger charge is -2.12. The number of nitrogens with zero attached hydrogens (tertiary/aromatic N) is 2. The number of hydrogen-bond donors (Lipinski definition) is 2. The maximum atomic E-state index is 12.8. The van der Waals surface area contributed by atoms with E-state index in [1.807, 2.05) is 0 Å². The third-order valence-electron chi connectivity index (χ3n) is 3.72. The van der Waals surface area contributed by atoms with Gasteiger partial charge in [0.2, 0.25) is 0 Å². The zero-order valence-corrected chi connectivity index (χ0v) is 14.8. The average molecular weight is 364 g/mol. The number of benzene rings is 1. The Hall–Kier alpha value is -2.45. The first-order valence-electron chi connectivity index (χ1n) is 8.88. The molecule has 7 nitrogen and oxygen atoms in total. The maximum absolute atomic E-state index is 12.8. The van der Waals surface area contributed by atoms with E-state index in [1.54, 1.807) is 6.92 Å². The molecule has 0 saturated heterocycles. The zero-order valence-electron chi connectivity index (χ0n) is 17.0. The lowest BCUT2D eigenvalue weighted by Crippen LogP contribution is -2.06. The molecule has 0 aliphatic heterocycles. The van der Waals surface area contributed by atoms with Crippen LogP contribution in [0.1, 0.15) is 20.9 Å². The minimum absolute atomic E-state index is 0.0270. The van der Waals surface area contributed by atoms with Gasteiger partial charge in [0, 0.05) is 23.4 Å². The molecular weight excluding hydrogens is 342 g/mol. The molecule has 1 aromatic carbocycles. The first kappa shape index (κ1) is 13.8. The number of imidazole rings is 1. The van der Waals surface area contributed by atoms with Crippen LogP contribution in [0, 0.1) is 6.92 Å². The summed E-state index contributed by atoms with van der Waals surface area (Å²) in [7, 11) is 1.16. The number of H-pyrrole nitrogens is 1. The third kappa shape index (κ3) is 3.35. The number of fused-ring (bicyclic) bond motifs is 1. The van der Waals surface area contributed by atoms with Gasteiger partial charge in [-0.25, -0.2) is 4.98 Å². The van der Waals surface area contributed by atoms with Gasteiger partial charge in [-0.1, -0.05) is 0 Å². The van der Waals surface area contributed by atoms with Gasteiger partial charge in [0.15, 0.2) is 5.16 Å². The van der Waals surface area contributed by atoms with Crippen molar-refractivity contribution in [2.75, 3.05) is 14.2 Å². The zero-order chi connectivity index (χ0) is 20.6. The number of hydrogen-bond acceptors (Lipinski definition) is 6. The molecule has 8 heteroatoms. The molecule has 1 atom stereocenters. The highest BCUT2D eigenvalue weighted by atomic mass is 32.2. The molecule has 0 spiro atoms. The van der Waals surface area contributed by atoms with Crippen LogP contribution in [0.5, 0.6) is 11.5 Å². The fourth-order valence-corrected chi connectivity index (χ4v) is 3.51. The van der Waals surface area contributed by atoms with E-state index in [0.29, 0.717) is 22.6 Å². The second kappa shape index (κ2) is 7.20. The summed E-state index contributed by atoms with van der Waals surface area (Å²) in [6.45, 7) is 1.54. The monoisotopic (exact) mass is 364 g/mol. The van der Waals surface area contributed by atoms with Gasteiger partial charge in [-0.05, 0) is 19.0 Å². The lowest BCUT2D eigenvalue weighted by molar-refractivity contribution is 0.272. The molecule has 3 rings (SSSR count). The Balaban J connectivity index is 2.01. The quantitative estimate of drug-likeness (QED) is 0.695. The number of aliphatic hydroxyl groups is 1. The first-order chi connectivity index (χ1) is 13.3. The topological polar surface area (TPSA) is 97.3 Å². The fourth-order valence-electron chi connectivity index (χ4n) is 2.42. The number of rotatable bonds is 6. The lowest BCUT2D eigenvalue weighted by atomic mass is 10.1. The van der Waals surface area contributed by atoms with E-state index in [9.17, 15) is 9.32 Å². The molecule has 2 heterocycles. The normalized spacial score (nSPS) is 14.0. The predicted octanol–water partition coefficient (Wildman–Crippen LogP) is 2.08. The van der Waals surface area contributed by atoms with Gasteiger partial charge in [-0.3, -0.25) is 9.19 Å². The summed E-state index contributed by atoms with van der Waals surface area (Å²) in [5.74, 6) is 0.471. The van der Waals surface area contributed by atoms with Gasteiger partial charge in [0.25, 0.3) is 0 Å². The van der Waals surface area contributed by atoms with Crippen LogP contribution in [0.3, 0.4) is 0 Å². The Morgan fingerprint density at radius 2 is 2.16 bits per heavy atom. The highest BCUT2D eigenvalue weighted by Gasteiger charge is 2.17. The van der Waals surface area contributed by atoms with Gasteiger partial charge >= 0.3 is 0 Å². The summed E-state index contributed by atoms with van der Waals surface area (Å²) in [5, 5.41) is 9.45. The summed E-state index contributed by atoms with van der Waals surface area (Å²) < 4.78 is 47.3. The second-order valence-electron chi connectivity index (χ2n) is 5.21. The number of pyridine rings is 1. The van der Waals surface area contributed by atoms with Crippen molar-refractivity contribution in [3.8, 4) is 11.5 Å². The van der Waals surface area contributed by atoms with Crippen LogP contribution in [-0.4, -0.2) is 38.5 Å². The van der Waals surface area contributed by atoms with E-state index in [4.69, 9.17) is 13.6 Å². The van der Waals surface area contributed by atoms with Crippen LogP contribution >= 0.6 is 0 Å². The predicted molar refractivity (Wildman–Crippen MR) is 94.2 cm³/mol. The summed E-state index contributed by atoms with van der Waals surface area (Å²) >= 11 is 0. The van der Waals surface area contributed by atoms with Crippen molar-refractivity contribution < 1.29 is 22.9 Å². The minimum Gasteiger partial charge on any atom is -0.497 e. The van der Waals surface area contributed by atoms with Crippen molar-refractivity contribution in [2.24, 2.45) is 0 Å². The van der Waals surface area contributed by atoms with E-state index in [1.165, 1.54) is 20.4 Å². The molecule has 0 aliphatic rings. The summed E-state index contributed by atoms with van der Waals surface area (Å²) in [5.41, 5.74) is 2.00. The molecule has 2 N–H and O–H groups in total. The Bertz CT molecular complexity index is 1090. The second-order valence-corrected chi connectivity index (χ2v) is 6.58. The fraction of sp³-hybridized carbons (Fsp3) is 0.294. The Morgan fingerprint density at radius 3 is 2.84 bits per heavy atom. The van der Waals surface area contributed by atoms with Crippen LogP contribution in [0.4, 0.5) is 0 Å². The molecule has 0 bridgehead atoms. The SMILES string of the molecule is [2H]c1c(OC)c([2H])c2[nH]c(S(=O)Cc3ncc(CO)c(OC)c3C)nc2c1[2H]. The van der Waals surface area contributed by atoms with Crippen molar-refractivity contribution in [3.63, 3.8) is 0 Å². The van der Waals surface area contributed by atoms with E-state index in [-0.39, 0.29) is 52.4 Å². The van der Waals surface area contributed by atoms with Gasteiger partial charge in [0.1, 0.15) is 11.5 Å². The first-order valence-corrected chi connectivity index (χ1v) is 8.69. The molecule has 132 valence electrons. The highest BCUT2D eigenvalue weighted by molar-refractivity contribution is 7.84. The third-order valence-corrected chi connectivity index (χ3v) is 4.88. The van der Waals surface area contributed by atoms with Crippen molar-refractivity contribution in [1.82, 2.24) is 15.0 Å². The average Bonchev–Trinajstić information content (AvgIpc) is 3.14. The standard InChI is InChI=1S/C17H19N3O4S/c1-10-15(18-7-11(8-21)16(10)24-3)9-25(22)17-19-13-5-4-12(23-2)6-14(13)20-17/h4-7,21H,8-9H2,1-3H3,(H,19,20)/i4D,5D,6D. The molecule has 0 radical (unpaired) electrons. The smallest absolute Gasteiger partial charge is 0.197 e. The van der Waals surface area contributed by atoms with Gasteiger partial charge in [-0.2, -0.15) is 0 Å². The van der Waals surface area contributed by atoms with E-state index in [2.05, 4.69) is 15.0 Å². The molecule has 1 unspecified atom stereocenters. The number of methoxy groups -OCH3 is 2. The van der Waals surface area contributed by atoms with E-state index < -0.39 is 10.8 Å². The van der Waals surface area contributed by atoms with Crippen molar-refractivity contribution in [1.29, 1.82) is 0 Å². The van der Waals surface area contributed by atoms with Crippen LogP contribution in [0.25, 0.3) is 11.0 Å². The number of ether oxygens (including phenoxy) is 2. The Labute approximate surface area is 151 Å². The molecule has 3 aromatic rings. The Kier molecular flexibility index (Phi) is 3.97. The number of nitrogens with one attached hydrogen (secondary N) is 1. The maximum Gasteiger partial charge on any atom is 0.197 e. The van der Waals surface area contributed by atoms with Crippen molar-refractivity contribution >= 4 is 21.8 Å². The highest BCUT2D eigenvalue weighted by Crippen LogP contribution is 2.27. The van der Waals surface area contributed by atoms with Crippen molar-refractivity contribution in [2.45, 2.75) is 24.4 Å². The van der Waals surface area contributed by atoms with Crippen LogP contribution < -0.4 is 9.47 Å². The van der Waals surface area contributed by atoms with E-state index in [0.717, 1.165) is 0 Å². The van der Waals surface area contributed by atoms with Crippen LogP contribution in [0.2, 0.25) is 0 Å². The molecule has 2 aromatic heterocycles. The summed E-state index contributed by atoms with van der Waals surface area (Å²) in [6, 6.07) is -0.561. The largest absolute Gasteiger partial charge is 0.497 e. The molecule has 25 heavy (non-hydrogen) atoms. The Morgan fingerprint density at radius 1 is 1.36 bits per heavy atom. The minimum atomic E-state index is -1.64. The molecule has 0 aliphatic carbocycles. The van der Waals surface area contributed by atoms with Gasteiger partial charge < -0.3 is 19.6 Å². The number of aliphatic hydroxyl groups excluding tert-OH is 1. The van der Waals surface area contributed by atoms with E-state index >= 15 is 0 Å². The molecule has 0 fully saturated rings. The van der Waals surface area contributed by atoms with Gasteiger partial charge in [0.05, 0.1) is 58.2 Å². The van der Waals surface area contributed by atoms with Crippen LogP contribution in [-0.2, 0) is 23.2 Å². The summed E-state index contributed by atoms with van der Waals surface area (Å²) in [6.07, 6.45) is 1.47. The van der Waals surface area contributed by atoms with Gasteiger partial charge in [-0.15, -0.1) is 0 Å².